The summed E-state index contributed by atoms with van der Waals surface area (Å²) in [5.41, 5.74) is 5.22. The van der Waals surface area contributed by atoms with Crippen LogP contribution in [0.15, 0.2) is 53.3 Å². The van der Waals surface area contributed by atoms with Crippen LogP contribution >= 0.6 is 0 Å². The van der Waals surface area contributed by atoms with E-state index in [1.807, 2.05) is 19.2 Å². The van der Waals surface area contributed by atoms with Gasteiger partial charge in [0.15, 0.2) is 5.82 Å². The van der Waals surface area contributed by atoms with Crippen LogP contribution in [0.4, 0.5) is 5.82 Å². The summed E-state index contributed by atoms with van der Waals surface area (Å²) in [4.78, 5) is 18.1. The average molecular weight is 441 g/mol. The van der Waals surface area contributed by atoms with E-state index in [0.717, 1.165) is 48.3 Å². The molecule has 1 aliphatic carbocycles. The molecule has 33 heavy (non-hydrogen) atoms. The van der Waals surface area contributed by atoms with Crippen molar-refractivity contribution in [3.63, 3.8) is 0 Å². The summed E-state index contributed by atoms with van der Waals surface area (Å²) >= 11 is 0. The van der Waals surface area contributed by atoms with Crippen LogP contribution in [0.3, 0.4) is 0 Å². The molecule has 1 heterocycles. The summed E-state index contributed by atoms with van der Waals surface area (Å²) in [6, 6.07) is 18.1. The zero-order valence-electron chi connectivity index (χ0n) is 19.8. The lowest BCUT2D eigenvalue weighted by molar-refractivity contribution is 0.487. The maximum Gasteiger partial charge on any atom is 0.293 e. The quantitative estimate of drug-likeness (QED) is 0.436. The fourth-order valence-corrected chi connectivity index (χ4v) is 4.41. The van der Waals surface area contributed by atoms with Crippen LogP contribution < -0.4 is 10.9 Å². The van der Waals surface area contributed by atoms with Crippen molar-refractivity contribution < 1.29 is 0 Å². The van der Waals surface area contributed by atoms with Crippen LogP contribution in [-0.2, 0) is 7.05 Å². The number of anilines is 1. The highest BCUT2D eigenvalue weighted by Gasteiger charge is 2.24. The molecular formula is C28H32N4O. The number of aromatic nitrogens is 2. The van der Waals surface area contributed by atoms with Crippen LogP contribution in [0.25, 0.3) is 22.5 Å². The summed E-state index contributed by atoms with van der Waals surface area (Å²) in [5, 5.41) is 12.5. The third-order valence-electron chi connectivity index (χ3n) is 6.64. The van der Waals surface area contributed by atoms with Gasteiger partial charge in [0, 0.05) is 24.7 Å². The van der Waals surface area contributed by atoms with Gasteiger partial charge in [-0.05, 0) is 48.8 Å². The molecule has 4 rings (SSSR count). The SMILES string of the molecule is CCC[C@H](CC)CNc1nc(-c2ccc(C#N)cc2)c(-c2ccc(C3CC3)cc2)n(C)c1=O. The van der Waals surface area contributed by atoms with Crippen molar-refractivity contribution in [2.75, 3.05) is 11.9 Å². The van der Waals surface area contributed by atoms with Gasteiger partial charge in [0.2, 0.25) is 0 Å². The number of nitriles is 1. The largest absolute Gasteiger partial charge is 0.365 e. The Labute approximate surface area is 196 Å². The van der Waals surface area contributed by atoms with E-state index in [9.17, 15) is 10.1 Å². The van der Waals surface area contributed by atoms with Crippen molar-refractivity contribution in [1.82, 2.24) is 9.55 Å². The van der Waals surface area contributed by atoms with E-state index in [-0.39, 0.29) is 5.56 Å². The Morgan fingerprint density at radius 1 is 1.09 bits per heavy atom. The normalized spacial score (nSPS) is 14.0. The second-order valence-corrected chi connectivity index (χ2v) is 9.05. The van der Waals surface area contributed by atoms with E-state index < -0.39 is 0 Å². The lowest BCUT2D eigenvalue weighted by Gasteiger charge is -2.19. The second kappa shape index (κ2) is 10.0. The van der Waals surface area contributed by atoms with Crippen LogP contribution in [0.1, 0.15) is 63.0 Å². The highest BCUT2D eigenvalue weighted by atomic mass is 16.1. The smallest absolute Gasteiger partial charge is 0.293 e. The molecular weight excluding hydrogens is 408 g/mol. The highest BCUT2D eigenvalue weighted by molar-refractivity contribution is 5.79. The van der Waals surface area contributed by atoms with Crippen LogP contribution in [-0.4, -0.2) is 16.1 Å². The molecule has 1 saturated carbocycles. The zero-order valence-corrected chi connectivity index (χ0v) is 19.8. The van der Waals surface area contributed by atoms with Gasteiger partial charge in [-0.25, -0.2) is 4.98 Å². The van der Waals surface area contributed by atoms with Gasteiger partial charge < -0.3 is 9.88 Å². The standard InChI is InChI=1S/C28H32N4O/c1-4-6-19(5-2)18-30-27-28(33)32(3)26(24-15-13-22(14-16-24)21-11-12-21)25(31-27)23-9-7-20(17-29)8-10-23/h7-10,13-16,19,21H,4-6,11-12,18H2,1-3H3,(H,30,31)/t19-/m0/s1. The van der Waals surface area contributed by atoms with Gasteiger partial charge in [0.05, 0.1) is 23.0 Å². The maximum atomic E-state index is 13.3. The third-order valence-corrected chi connectivity index (χ3v) is 6.64. The first-order valence-electron chi connectivity index (χ1n) is 12.0. The summed E-state index contributed by atoms with van der Waals surface area (Å²) in [6.07, 6.45) is 5.82. The minimum atomic E-state index is -0.125. The topological polar surface area (TPSA) is 70.7 Å². The number of rotatable bonds is 9. The Morgan fingerprint density at radius 2 is 1.76 bits per heavy atom. The van der Waals surface area contributed by atoms with Crippen LogP contribution in [0.2, 0.25) is 0 Å². The first-order chi connectivity index (χ1) is 16.0. The minimum Gasteiger partial charge on any atom is -0.365 e. The van der Waals surface area contributed by atoms with E-state index in [2.05, 4.69) is 49.5 Å². The Balaban J connectivity index is 1.79. The van der Waals surface area contributed by atoms with Gasteiger partial charge in [-0.1, -0.05) is 63.1 Å². The van der Waals surface area contributed by atoms with Crippen LogP contribution in [0.5, 0.6) is 0 Å². The number of nitrogens with zero attached hydrogens (tertiary/aromatic N) is 3. The molecule has 1 aromatic heterocycles. The Kier molecular flexibility index (Phi) is 6.93. The fourth-order valence-electron chi connectivity index (χ4n) is 4.41. The minimum absolute atomic E-state index is 0.125. The second-order valence-electron chi connectivity index (χ2n) is 9.05. The predicted octanol–water partition coefficient (Wildman–Crippen LogP) is 6.10. The van der Waals surface area contributed by atoms with E-state index >= 15 is 0 Å². The first kappa shape index (κ1) is 22.8. The molecule has 0 radical (unpaired) electrons. The lowest BCUT2D eigenvalue weighted by Crippen LogP contribution is -2.27. The molecule has 1 atom stereocenters. The summed E-state index contributed by atoms with van der Waals surface area (Å²) in [6.45, 7) is 5.10. The highest BCUT2D eigenvalue weighted by Crippen LogP contribution is 2.41. The first-order valence-corrected chi connectivity index (χ1v) is 12.0. The summed E-state index contributed by atoms with van der Waals surface area (Å²) < 4.78 is 1.70. The average Bonchev–Trinajstić information content (AvgIpc) is 3.70. The number of hydrogen-bond acceptors (Lipinski definition) is 4. The van der Waals surface area contributed by atoms with Crippen molar-refractivity contribution in [2.45, 2.75) is 51.9 Å². The van der Waals surface area contributed by atoms with Crippen molar-refractivity contribution in [3.05, 3.63) is 70.0 Å². The Bertz CT molecular complexity index is 1200. The Morgan fingerprint density at radius 3 is 2.33 bits per heavy atom. The monoisotopic (exact) mass is 440 g/mol. The summed E-state index contributed by atoms with van der Waals surface area (Å²) in [5.74, 6) is 1.57. The van der Waals surface area contributed by atoms with Crippen molar-refractivity contribution >= 4 is 5.82 Å². The van der Waals surface area contributed by atoms with Gasteiger partial charge in [-0.2, -0.15) is 5.26 Å². The van der Waals surface area contributed by atoms with E-state index in [4.69, 9.17) is 4.98 Å². The summed E-state index contributed by atoms with van der Waals surface area (Å²) in [7, 11) is 1.82. The molecule has 1 N–H and O–H groups in total. The molecule has 0 amide bonds. The van der Waals surface area contributed by atoms with Gasteiger partial charge in [0.1, 0.15) is 0 Å². The van der Waals surface area contributed by atoms with Crippen LogP contribution in [0, 0.1) is 17.2 Å². The van der Waals surface area contributed by atoms with Gasteiger partial charge in [-0.3, -0.25) is 4.79 Å². The molecule has 2 aromatic carbocycles. The number of hydrogen-bond donors (Lipinski definition) is 1. The van der Waals surface area contributed by atoms with Crippen molar-refractivity contribution in [2.24, 2.45) is 13.0 Å². The molecule has 0 bridgehead atoms. The third kappa shape index (κ3) is 5.01. The molecule has 1 aliphatic rings. The number of nitrogens with one attached hydrogen (secondary N) is 1. The Hall–Kier alpha value is -3.39. The molecule has 5 heteroatoms. The van der Waals surface area contributed by atoms with Crippen molar-refractivity contribution in [3.8, 4) is 28.6 Å². The predicted molar refractivity (Wildman–Crippen MR) is 134 cm³/mol. The van der Waals surface area contributed by atoms with E-state index in [0.29, 0.717) is 23.2 Å². The molecule has 0 saturated heterocycles. The molecule has 1 fully saturated rings. The molecule has 0 aliphatic heterocycles. The van der Waals surface area contributed by atoms with Gasteiger partial charge in [-0.15, -0.1) is 0 Å². The van der Waals surface area contributed by atoms with Crippen molar-refractivity contribution in [1.29, 1.82) is 5.26 Å². The van der Waals surface area contributed by atoms with E-state index in [1.54, 1.807) is 16.7 Å². The molecule has 3 aromatic rings. The van der Waals surface area contributed by atoms with E-state index in [1.165, 1.54) is 18.4 Å². The zero-order chi connectivity index (χ0) is 23.4. The molecule has 0 spiro atoms. The molecule has 170 valence electrons. The molecule has 0 unspecified atom stereocenters. The fraction of sp³-hybridized carbons (Fsp3) is 0.393. The lowest BCUT2D eigenvalue weighted by atomic mass is 10.00. The van der Waals surface area contributed by atoms with Gasteiger partial charge in [0.25, 0.3) is 5.56 Å². The number of benzene rings is 2. The van der Waals surface area contributed by atoms with Gasteiger partial charge >= 0.3 is 0 Å². The maximum absolute atomic E-state index is 13.3. The molecule has 5 nitrogen and oxygen atoms in total.